The summed E-state index contributed by atoms with van der Waals surface area (Å²) in [6.45, 7) is 3.73. The molecule has 1 atom stereocenters. The molecule has 0 aliphatic carbocycles. The molecule has 1 amide bonds. The maximum atomic E-state index is 12.3. The number of fused-ring (bicyclic) bond motifs is 1. The van der Waals surface area contributed by atoms with E-state index in [1.807, 2.05) is 49.9 Å². The molecule has 112 valence electrons. The zero-order valence-electron chi connectivity index (χ0n) is 12.7. The molecule has 5 nitrogen and oxygen atoms in total. The van der Waals surface area contributed by atoms with Crippen molar-refractivity contribution in [1.29, 1.82) is 0 Å². The van der Waals surface area contributed by atoms with E-state index < -0.39 is 12.0 Å². The number of carbonyl (C=O) groups is 2. The number of benzene rings is 1. The van der Waals surface area contributed by atoms with Crippen molar-refractivity contribution in [3.63, 3.8) is 0 Å². The van der Waals surface area contributed by atoms with Crippen molar-refractivity contribution >= 4 is 22.8 Å². The second kappa shape index (κ2) is 5.99. The highest BCUT2D eigenvalue weighted by Crippen LogP contribution is 2.17. The highest BCUT2D eigenvalue weighted by molar-refractivity contribution is 5.99. The number of hydrogen-bond donors (Lipinski definition) is 1. The van der Waals surface area contributed by atoms with Crippen LogP contribution in [0.25, 0.3) is 10.9 Å². The smallest absolute Gasteiger partial charge is 0.328 e. The lowest BCUT2D eigenvalue weighted by atomic mass is 10.0. The molecule has 0 aliphatic heterocycles. The molecule has 1 aromatic heterocycles. The van der Waals surface area contributed by atoms with Gasteiger partial charge in [-0.25, -0.2) is 4.79 Å². The van der Waals surface area contributed by atoms with Crippen LogP contribution in [0.2, 0.25) is 0 Å². The Morgan fingerprint density at radius 1 is 1.24 bits per heavy atom. The largest absolute Gasteiger partial charge is 0.467 e. The zero-order chi connectivity index (χ0) is 15.6. The molecule has 1 heterocycles. The fourth-order valence-electron chi connectivity index (χ4n) is 2.25. The first kappa shape index (κ1) is 15.1. The summed E-state index contributed by atoms with van der Waals surface area (Å²) in [5.74, 6) is -0.749. The summed E-state index contributed by atoms with van der Waals surface area (Å²) in [6.07, 6.45) is 1.94. The summed E-state index contributed by atoms with van der Waals surface area (Å²) >= 11 is 0. The quantitative estimate of drug-likeness (QED) is 0.877. The standard InChI is InChI=1S/C16H20N2O3/c1-10(2)14(16(20)21-4)17-15(19)12-6-5-11-7-8-18(3)13(11)9-12/h5-10,14H,1-4H3,(H,17,19)/t14-/m0/s1. The topological polar surface area (TPSA) is 60.3 Å². The van der Waals surface area contributed by atoms with Crippen LogP contribution < -0.4 is 5.32 Å². The first-order chi connectivity index (χ1) is 9.93. The van der Waals surface area contributed by atoms with Crippen LogP contribution in [0.3, 0.4) is 0 Å². The minimum Gasteiger partial charge on any atom is -0.467 e. The van der Waals surface area contributed by atoms with Crippen molar-refractivity contribution < 1.29 is 14.3 Å². The van der Waals surface area contributed by atoms with Crippen LogP contribution in [-0.4, -0.2) is 29.6 Å². The van der Waals surface area contributed by atoms with Crippen LogP contribution in [-0.2, 0) is 16.6 Å². The average molecular weight is 288 g/mol. The van der Waals surface area contributed by atoms with E-state index in [2.05, 4.69) is 5.32 Å². The van der Waals surface area contributed by atoms with Crippen molar-refractivity contribution in [2.75, 3.05) is 7.11 Å². The lowest BCUT2D eigenvalue weighted by Gasteiger charge is -2.19. The third-order valence-electron chi connectivity index (χ3n) is 3.56. The molecule has 1 N–H and O–H groups in total. The molecule has 0 radical (unpaired) electrons. The van der Waals surface area contributed by atoms with Gasteiger partial charge >= 0.3 is 5.97 Å². The Morgan fingerprint density at radius 3 is 2.57 bits per heavy atom. The number of nitrogens with zero attached hydrogens (tertiary/aromatic N) is 1. The number of aromatic nitrogens is 1. The lowest BCUT2D eigenvalue weighted by molar-refractivity contribution is -0.144. The minimum atomic E-state index is -0.647. The van der Waals surface area contributed by atoms with Gasteiger partial charge < -0.3 is 14.6 Å². The summed E-state index contributed by atoms with van der Waals surface area (Å²) in [6, 6.07) is 6.81. The fraction of sp³-hybridized carbons (Fsp3) is 0.375. The first-order valence-electron chi connectivity index (χ1n) is 6.88. The number of aryl methyl sites for hydroxylation is 1. The van der Waals surface area contributed by atoms with E-state index in [4.69, 9.17) is 4.74 Å². The summed E-state index contributed by atoms with van der Waals surface area (Å²) < 4.78 is 6.68. The Morgan fingerprint density at radius 2 is 1.95 bits per heavy atom. The molecule has 0 spiro atoms. The van der Waals surface area contributed by atoms with Crippen molar-refractivity contribution in [2.24, 2.45) is 13.0 Å². The monoisotopic (exact) mass is 288 g/mol. The highest BCUT2D eigenvalue weighted by atomic mass is 16.5. The van der Waals surface area contributed by atoms with E-state index in [1.165, 1.54) is 7.11 Å². The predicted molar refractivity (Wildman–Crippen MR) is 81.0 cm³/mol. The molecule has 0 bridgehead atoms. The number of carbonyl (C=O) groups excluding carboxylic acids is 2. The van der Waals surface area contributed by atoms with Crippen LogP contribution in [0, 0.1) is 5.92 Å². The van der Waals surface area contributed by atoms with Gasteiger partial charge in [-0.3, -0.25) is 4.79 Å². The van der Waals surface area contributed by atoms with Gasteiger partial charge in [-0.2, -0.15) is 0 Å². The second-order valence-corrected chi connectivity index (χ2v) is 5.42. The Hall–Kier alpha value is -2.30. The Balaban J connectivity index is 2.24. The number of methoxy groups -OCH3 is 1. The molecule has 0 unspecified atom stereocenters. The number of hydrogen-bond acceptors (Lipinski definition) is 3. The third-order valence-corrected chi connectivity index (χ3v) is 3.56. The number of nitrogens with one attached hydrogen (secondary N) is 1. The van der Waals surface area contributed by atoms with Gasteiger partial charge in [0.15, 0.2) is 0 Å². The first-order valence-corrected chi connectivity index (χ1v) is 6.88. The molecular weight excluding hydrogens is 268 g/mol. The molecule has 1 aromatic carbocycles. The Labute approximate surface area is 123 Å². The zero-order valence-corrected chi connectivity index (χ0v) is 12.7. The molecule has 0 fully saturated rings. The fourth-order valence-corrected chi connectivity index (χ4v) is 2.25. The maximum Gasteiger partial charge on any atom is 0.328 e. The molecule has 0 saturated heterocycles. The van der Waals surface area contributed by atoms with Gasteiger partial charge in [-0.1, -0.05) is 19.9 Å². The third kappa shape index (κ3) is 3.07. The van der Waals surface area contributed by atoms with Crippen molar-refractivity contribution in [1.82, 2.24) is 9.88 Å². The van der Waals surface area contributed by atoms with Crippen LogP contribution in [0.15, 0.2) is 30.5 Å². The normalized spacial score (nSPS) is 12.4. The summed E-state index contributed by atoms with van der Waals surface area (Å²) in [7, 11) is 3.25. The van der Waals surface area contributed by atoms with Gasteiger partial charge in [0, 0.05) is 24.3 Å². The van der Waals surface area contributed by atoms with E-state index in [1.54, 1.807) is 6.07 Å². The number of amides is 1. The van der Waals surface area contributed by atoms with Gasteiger partial charge in [-0.15, -0.1) is 0 Å². The summed E-state index contributed by atoms with van der Waals surface area (Å²) in [5, 5.41) is 3.81. The van der Waals surface area contributed by atoms with Crippen LogP contribution in [0.1, 0.15) is 24.2 Å². The van der Waals surface area contributed by atoms with Gasteiger partial charge in [0.1, 0.15) is 6.04 Å². The van der Waals surface area contributed by atoms with Crippen molar-refractivity contribution in [2.45, 2.75) is 19.9 Å². The molecule has 2 rings (SSSR count). The minimum absolute atomic E-state index is 0.0415. The molecule has 21 heavy (non-hydrogen) atoms. The van der Waals surface area contributed by atoms with Gasteiger partial charge in [0.05, 0.1) is 7.11 Å². The second-order valence-electron chi connectivity index (χ2n) is 5.42. The van der Waals surface area contributed by atoms with E-state index in [0.29, 0.717) is 5.56 Å². The Kier molecular flexibility index (Phi) is 4.31. The highest BCUT2D eigenvalue weighted by Gasteiger charge is 2.25. The number of rotatable bonds is 4. The molecule has 0 saturated carbocycles. The average Bonchev–Trinajstić information content (AvgIpc) is 2.84. The van der Waals surface area contributed by atoms with Gasteiger partial charge in [0.2, 0.25) is 0 Å². The predicted octanol–water partition coefficient (Wildman–Crippen LogP) is 2.11. The molecule has 0 aliphatic rings. The maximum absolute atomic E-state index is 12.3. The van der Waals surface area contributed by atoms with E-state index >= 15 is 0 Å². The van der Waals surface area contributed by atoms with E-state index in [0.717, 1.165) is 10.9 Å². The van der Waals surface area contributed by atoms with E-state index in [9.17, 15) is 9.59 Å². The number of esters is 1. The van der Waals surface area contributed by atoms with Crippen molar-refractivity contribution in [3.8, 4) is 0 Å². The Bertz CT molecular complexity index is 673. The molecule has 5 heteroatoms. The SMILES string of the molecule is COC(=O)[C@@H](NC(=O)c1ccc2ccn(C)c2c1)C(C)C. The van der Waals surface area contributed by atoms with Gasteiger partial charge in [-0.05, 0) is 29.5 Å². The number of ether oxygens (including phenoxy) is 1. The summed E-state index contributed by atoms with van der Waals surface area (Å²) in [5.41, 5.74) is 1.50. The molecule has 2 aromatic rings. The lowest BCUT2D eigenvalue weighted by Crippen LogP contribution is -2.45. The van der Waals surface area contributed by atoms with Crippen LogP contribution in [0.5, 0.6) is 0 Å². The van der Waals surface area contributed by atoms with E-state index in [-0.39, 0.29) is 11.8 Å². The summed E-state index contributed by atoms with van der Waals surface area (Å²) in [4.78, 5) is 24.0. The van der Waals surface area contributed by atoms with Crippen LogP contribution in [0.4, 0.5) is 0 Å². The van der Waals surface area contributed by atoms with Crippen LogP contribution >= 0.6 is 0 Å². The molecular formula is C16H20N2O3. The van der Waals surface area contributed by atoms with Gasteiger partial charge in [0.25, 0.3) is 5.91 Å². The van der Waals surface area contributed by atoms with Crippen molar-refractivity contribution in [3.05, 3.63) is 36.0 Å².